The molecule has 0 amide bonds. The van der Waals surface area contributed by atoms with E-state index < -0.39 is 5.97 Å². The number of hydrogen-bond donors (Lipinski definition) is 1. The maximum absolute atomic E-state index is 11.2. The molecular formula is C31H56O6. The molecule has 0 unspecified atom stereocenters. The zero-order valence-corrected chi connectivity index (χ0v) is 24.6. The van der Waals surface area contributed by atoms with Gasteiger partial charge in [-0.2, -0.15) is 0 Å². The Morgan fingerprint density at radius 1 is 0.568 bits per heavy atom. The Labute approximate surface area is 227 Å². The summed E-state index contributed by atoms with van der Waals surface area (Å²) in [6, 6.07) is 0. The average molecular weight is 525 g/mol. The summed E-state index contributed by atoms with van der Waals surface area (Å²) in [4.78, 5) is 31.0. The Morgan fingerprint density at radius 2 is 0.865 bits per heavy atom. The molecule has 0 aromatic rings. The van der Waals surface area contributed by atoms with E-state index in [4.69, 9.17) is 9.84 Å². The summed E-state index contributed by atoms with van der Waals surface area (Å²) in [5, 5.41) is 7.89. The van der Waals surface area contributed by atoms with Crippen molar-refractivity contribution >= 4 is 17.9 Å². The standard InChI is InChI=1S/C22H42O2.C5H8O2.C4H6O2/c1-4-5-6-7-8-9-10-11-12-13-14-15-16-17-18-19-20-24-22(23)21(2)3;1-4(2)5(6)7-3;1-3(2)4(5)6/h2,4-20H2,1,3H3;1H2,2-3H3;1H2,2H3,(H,5,6). The number of esters is 2. The van der Waals surface area contributed by atoms with Crippen molar-refractivity contribution in [2.75, 3.05) is 13.7 Å². The van der Waals surface area contributed by atoms with Crippen molar-refractivity contribution in [3.63, 3.8) is 0 Å². The van der Waals surface area contributed by atoms with Crippen molar-refractivity contribution in [2.45, 2.75) is 130 Å². The van der Waals surface area contributed by atoms with Crippen molar-refractivity contribution in [3.8, 4) is 0 Å². The van der Waals surface area contributed by atoms with E-state index in [1.54, 1.807) is 13.8 Å². The normalized spacial score (nSPS) is 9.65. The number of carbonyl (C=O) groups excluding carboxylic acids is 2. The van der Waals surface area contributed by atoms with Gasteiger partial charge in [-0.25, -0.2) is 14.4 Å². The van der Waals surface area contributed by atoms with Crippen LogP contribution in [0.2, 0.25) is 0 Å². The van der Waals surface area contributed by atoms with Crippen LogP contribution in [0.5, 0.6) is 0 Å². The number of aliphatic carboxylic acids is 1. The predicted octanol–water partition coefficient (Wildman–Crippen LogP) is 8.75. The molecule has 0 saturated carbocycles. The van der Waals surface area contributed by atoms with E-state index in [0.717, 1.165) is 6.42 Å². The van der Waals surface area contributed by atoms with E-state index in [2.05, 4.69) is 31.4 Å². The number of carboxylic acids is 1. The van der Waals surface area contributed by atoms with Crippen LogP contribution in [0.4, 0.5) is 0 Å². The number of methoxy groups -OCH3 is 1. The summed E-state index contributed by atoms with van der Waals surface area (Å²) in [7, 11) is 1.33. The molecule has 0 aliphatic rings. The van der Waals surface area contributed by atoms with Gasteiger partial charge < -0.3 is 14.6 Å². The number of hydrogen-bond acceptors (Lipinski definition) is 5. The minimum atomic E-state index is -0.935. The van der Waals surface area contributed by atoms with E-state index in [-0.39, 0.29) is 17.5 Å². The highest BCUT2D eigenvalue weighted by Crippen LogP contribution is 2.13. The summed E-state index contributed by atoms with van der Waals surface area (Å²) in [6.07, 6.45) is 21.7. The highest BCUT2D eigenvalue weighted by atomic mass is 16.5. The van der Waals surface area contributed by atoms with Gasteiger partial charge in [-0.15, -0.1) is 0 Å². The zero-order chi connectivity index (χ0) is 28.9. The van der Waals surface area contributed by atoms with Crippen LogP contribution in [-0.2, 0) is 23.9 Å². The maximum Gasteiger partial charge on any atom is 0.333 e. The van der Waals surface area contributed by atoms with E-state index >= 15 is 0 Å². The minimum absolute atomic E-state index is 0.176. The summed E-state index contributed by atoms with van der Waals surface area (Å²) in [5.41, 5.74) is 1.10. The summed E-state index contributed by atoms with van der Waals surface area (Å²) in [6.45, 7) is 17.6. The maximum atomic E-state index is 11.2. The van der Waals surface area contributed by atoms with Gasteiger partial charge in [0.2, 0.25) is 0 Å². The molecule has 0 aliphatic heterocycles. The zero-order valence-electron chi connectivity index (χ0n) is 24.6. The summed E-state index contributed by atoms with van der Waals surface area (Å²) in [5.74, 6) is -1.54. The highest BCUT2D eigenvalue weighted by molar-refractivity contribution is 5.87. The lowest BCUT2D eigenvalue weighted by molar-refractivity contribution is -0.139. The van der Waals surface area contributed by atoms with E-state index in [9.17, 15) is 14.4 Å². The highest BCUT2D eigenvalue weighted by Gasteiger charge is 2.01. The number of rotatable bonds is 20. The Kier molecular flexibility index (Phi) is 31.6. The first kappa shape index (κ1) is 39.1. The second-order valence-electron chi connectivity index (χ2n) is 9.58. The fourth-order valence-electron chi connectivity index (χ4n) is 3.11. The number of unbranched alkanes of at least 4 members (excludes halogenated alkanes) is 15. The van der Waals surface area contributed by atoms with Gasteiger partial charge in [-0.3, -0.25) is 0 Å². The Hall–Kier alpha value is -2.37. The van der Waals surface area contributed by atoms with Gasteiger partial charge >= 0.3 is 17.9 Å². The first-order chi connectivity index (χ1) is 17.5. The molecule has 0 heterocycles. The van der Waals surface area contributed by atoms with Crippen LogP contribution in [0.1, 0.15) is 130 Å². The van der Waals surface area contributed by atoms with Crippen LogP contribution in [0.3, 0.4) is 0 Å². The molecule has 0 aromatic carbocycles. The molecule has 37 heavy (non-hydrogen) atoms. The van der Waals surface area contributed by atoms with Gasteiger partial charge in [0.05, 0.1) is 13.7 Å². The van der Waals surface area contributed by atoms with Gasteiger partial charge in [0.25, 0.3) is 0 Å². The van der Waals surface area contributed by atoms with Crippen LogP contribution in [0, 0.1) is 0 Å². The summed E-state index contributed by atoms with van der Waals surface area (Å²) >= 11 is 0. The fourth-order valence-corrected chi connectivity index (χ4v) is 3.11. The lowest BCUT2D eigenvalue weighted by Gasteiger charge is -2.05. The quantitative estimate of drug-likeness (QED) is 0.0972. The monoisotopic (exact) mass is 524 g/mol. The molecule has 1 N–H and O–H groups in total. The van der Waals surface area contributed by atoms with Crippen LogP contribution in [0.15, 0.2) is 36.5 Å². The third kappa shape index (κ3) is 35.9. The van der Waals surface area contributed by atoms with E-state index in [1.807, 2.05) is 0 Å². The van der Waals surface area contributed by atoms with Crippen LogP contribution in [-0.4, -0.2) is 36.7 Å². The molecular weight excluding hydrogens is 468 g/mol. The van der Waals surface area contributed by atoms with Gasteiger partial charge in [0, 0.05) is 16.7 Å². The van der Waals surface area contributed by atoms with Gasteiger partial charge in [-0.05, 0) is 27.2 Å². The van der Waals surface area contributed by atoms with Gasteiger partial charge in [-0.1, -0.05) is 123 Å². The lowest BCUT2D eigenvalue weighted by atomic mass is 10.0. The van der Waals surface area contributed by atoms with Crippen molar-refractivity contribution in [2.24, 2.45) is 0 Å². The molecule has 0 atom stereocenters. The molecule has 0 fully saturated rings. The smallest absolute Gasteiger partial charge is 0.333 e. The molecule has 6 heteroatoms. The predicted molar refractivity (Wildman–Crippen MR) is 155 cm³/mol. The largest absolute Gasteiger partial charge is 0.478 e. The number of ether oxygens (including phenoxy) is 2. The molecule has 0 radical (unpaired) electrons. The Bertz CT molecular complexity index is 624. The third-order valence-corrected chi connectivity index (χ3v) is 5.48. The van der Waals surface area contributed by atoms with E-state index in [1.165, 1.54) is 110 Å². The number of carbonyl (C=O) groups is 3. The molecule has 0 aliphatic carbocycles. The van der Waals surface area contributed by atoms with Crippen molar-refractivity contribution in [1.29, 1.82) is 0 Å². The molecule has 0 spiro atoms. The molecule has 0 bridgehead atoms. The molecule has 0 rings (SSSR count). The van der Waals surface area contributed by atoms with Crippen LogP contribution in [0.25, 0.3) is 0 Å². The van der Waals surface area contributed by atoms with Crippen LogP contribution < -0.4 is 0 Å². The molecule has 216 valence electrons. The second kappa shape index (κ2) is 29.9. The lowest BCUT2D eigenvalue weighted by Crippen LogP contribution is -2.05. The fraction of sp³-hybridized carbons (Fsp3) is 0.710. The topological polar surface area (TPSA) is 89.9 Å². The van der Waals surface area contributed by atoms with Crippen molar-refractivity contribution in [3.05, 3.63) is 36.5 Å². The van der Waals surface area contributed by atoms with Crippen molar-refractivity contribution in [1.82, 2.24) is 0 Å². The minimum Gasteiger partial charge on any atom is -0.478 e. The summed E-state index contributed by atoms with van der Waals surface area (Å²) < 4.78 is 9.36. The van der Waals surface area contributed by atoms with Gasteiger partial charge in [0.15, 0.2) is 0 Å². The molecule has 0 aromatic heterocycles. The first-order valence-electron chi connectivity index (χ1n) is 14.0. The number of carboxylic acid groups (broad SMARTS) is 1. The Morgan fingerprint density at radius 3 is 1.08 bits per heavy atom. The van der Waals surface area contributed by atoms with Crippen LogP contribution >= 0.6 is 0 Å². The Balaban J connectivity index is -0.000000724. The second-order valence-corrected chi connectivity index (χ2v) is 9.58. The van der Waals surface area contributed by atoms with E-state index in [0.29, 0.717) is 17.8 Å². The molecule has 0 saturated heterocycles. The van der Waals surface area contributed by atoms with Gasteiger partial charge in [0.1, 0.15) is 0 Å². The first-order valence-corrected chi connectivity index (χ1v) is 14.0. The van der Waals surface area contributed by atoms with Crippen molar-refractivity contribution < 1.29 is 29.0 Å². The average Bonchev–Trinajstić information content (AvgIpc) is 2.85. The SMILES string of the molecule is C=C(C)C(=O)O.C=C(C)C(=O)OC.C=C(C)C(=O)OCCCCCCCCCCCCCCCCCC. The third-order valence-electron chi connectivity index (χ3n) is 5.48. The molecule has 6 nitrogen and oxygen atoms in total.